The van der Waals surface area contributed by atoms with Crippen LogP contribution in [0.15, 0.2) is 18.2 Å². The maximum absolute atomic E-state index is 12.3. The summed E-state index contributed by atoms with van der Waals surface area (Å²) in [6, 6.07) is 5.93. The van der Waals surface area contributed by atoms with Gasteiger partial charge in [0.15, 0.2) is 0 Å². The van der Waals surface area contributed by atoms with Gasteiger partial charge in [0, 0.05) is 23.6 Å². The van der Waals surface area contributed by atoms with E-state index >= 15 is 0 Å². The van der Waals surface area contributed by atoms with E-state index < -0.39 is 0 Å². The minimum absolute atomic E-state index is 0.0138. The van der Waals surface area contributed by atoms with Crippen LogP contribution in [0, 0.1) is 18.8 Å². The van der Waals surface area contributed by atoms with Crippen molar-refractivity contribution in [2.75, 3.05) is 6.61 Å². The molecule has 0 bridgehead atoms. The van der Waals surface area contributed by atoms with Gasteiger partial charge in [-0.05, 0) is 43.5 Å². The Morgan fingerprint density at radius 3 is 2.76 bits per heavy atom. The minimum Gasteiger partial charge on any atom is -0.395 e. The van der Waals surface area contributed by atoms with Crippen molar-refractivity contribution in [2.24, 2.45) is 0 Å². The molecule has 0 aromatic heterocycles. The zero-order valence-corrected chi connectivity index (χ0v) is 12.6. The topological polar surface area (TPSA) is 49.3 Å². The Morgan fingerprint density at radius 2 is 2.10 bits per heavy atom. The number of aliphatic hydroxyl groups excluding tert-OH is 1. The van der Waals surface area contributed by atoms with Gasteiger partial charge in [-0.1, -0.05) is 31.1 Å². The van der Waals surface area contributed by atoms with Crippen LogP contribution in [-0.2, 0) is 0 Å². The lowest BCUT2D eigenvalue weighted by Gasteiger charge is -2.22. The SMILES string of the molecule is Cc1cc(C(=O)NC2CCCCC2)ccc1C#CCCO. The largest absolute Gasteiger partial charge is 0.395 e. The van der Waals surface area contributed by atoms with E-state index in [9.17, 15) is 4.79 Å². The first-order valence-electron chi connectivity index (χ1n) is 7.72. The second-order valence-corrected chi connectivity index (χ2v) is 5.61. The summed E-state index contributed by atoms with van der Waals surface area (Å²) in [4.78, 5) is 12.3. The lowest BCUT2D eigenvalue weighted by molar-refractivity contribution is 0.0927. The van der Waals surface area contributed by atoms with Gasteiger partial charge in [0.1, 0.15) is 0 Å². The highest BCUT2D eigenvalue weighted by Gasteiger charge is 2.16. The molecule has 3 heteroatoms. The maximum Gasteiger partial charge on any atom is 0.251 e. The van der Waals surface area contributed by atoms with E-state index in [1.54, 1.807) is 0 Å². The quantitative estimate of drug-likeness (QED) is 0.839. The van der Waals surface area contributed by atoms with Crippen molar-refractivity contribution in [3.63, 3.8) is 0 Å². The summed E-state index contributed by atoms with van der Waals surface area (Å²) in [5, 5.41) is 11.9. The monoisotopic (exact) mass is 285 g/mol. The summed E-state index contributed by atoms with van der Waals surface area (Å²) in [5.74, 6) is 5.94. The fourth-order valence-electron chi connectivity index (χ4n) is 2.67. The van der Waals surface area contributed by atoms with Gasteiger partial charge in [-0.15, -0.1) is 0 Å². The van der Waals surface area contributed by atoms with E-state index in [0.717, 1.165) is 24.0 Å². The summed E-state index contributed by atoms with van der Waals surface area (Å²) >= 11 is 0. The molecule has 2 rings (SSSR count). The lowest BCUT2D eigenvalue weighted by Crippen LogP contribution is -2.36. The Labute approximate surface area is 126 Å². The summed E-state index contributed by atoms with van der Waals surface area (Å²) in [7, 11) is 0. The molecule has 1 aromatic carbocycles. The standard InChI is InChI=1S/C18H23NO2/c1-14-13-16(11-10-15(14)7-5-6-12-20)18(21)19-17-8-3-2-4-9-17/h10-11,13,17,20H,2-4,6,8-9,12H2,1H3,(H,19,21). The fourth-order valence-corrected chi connectivity index (χ4v) is 2.67. The Kier molecular flexibility index (Phi) is 5.83. The molecule has 1 aromatic rings. The van der Waals surface area contributed by atoms with Gasteiger partial charge < -0.3 is 10.4 Å². The Morgan fingerprint density at radius 1 is 1.33 bits per heavy atom. The van der Waals surface area contributed by atoms with Crippen molar-refractivity contribution in [2.45, 2.75) is 51.5 Å². The molecule has 112 valence electrons. The number of hydrogen-bond acceptors (Lipinski definition) is 2. The van der Waals surface area contributed by atoms with Crippen LogP contribution in [0.4, 0.5) is 0 Å². The molecular formula is C18H23NO2. The first-order chi connectivity index (χ1) is 10.2. The molecule has 1 fully saturated rings. The maximum atomic E-state index is 12.3. The highest BCUT2D eigenvalue weighted by atomic mass is 16.2. The predicted octanol–water partition coefficient (Wildman–Crippen LogP) is 2.79. The van der Waals surface area contributed by atoms with Gasteiger partial charge in [0.05, 0.1) is 6.61 Å². The number of amides is 1. The molecule has 0 radical (unpaired) electrons. The van der Waals surface area contributed by atoms with E-state index in [0.29, 0.717) is 18.0 Å². The molecule has 1 saturated carbocycles. The van der Waals surface area contributed by atoms with Gasteiger partial charge in [-0.2, -0.15) is 0 Å². The van der Waals surface area contributed by atoms with Crippen molar-refractivity contribution >= 4 is 5.91 Å². The molecule has 21 heavy (non-hydrogen) atoms. The van der Waals surface area contributed by atoms with Gasteiger partial charge >= 0.3 is 0 Å². The van der Waals surface area contributed by atoms with Crippen molar-refractivity contribution in [3.8, 4) is 11.8 Å². The molecule has 1 amide bonds. The van der Waals surface area contributed by atoms with E-state index in [2.05, 4.69) is 17.2 Å². The average molecular weight is 285 g/mol. The van der Waals surface area contributed by atoms with Crippen LogP contribution in [0.25, 0.3) is 0 Å². The number of aryl methyl sites for hydroxylation is 1. The third-order valence-corrected chi connectivity index (χ3v) is 3.89. The third-order valence-electron chi connectivity index (χ3n) is 3.89. The van der Waals surface area contributed by atoms with Gasteiger partial charge in [-0.3, -0.25) is 4.79 Å². The van der Waals surface area contributed by atoms with Crippen LogP contribution < -0.4 is 5.32 Å². The second kappa shape index (κ2) is 7.85. The van der Waals surface area contributed by atoms with Crippen molar-refractivity contribution in [3.05, 3.63) is 34.9 Å². The Hall–Kier alpha value is -1.79. The molecule has 0 spiro atoms. The van der Waals surface area contributed by atoms with Crippen molar-refractivity contribution in [1.29, 1.82) is 0 Å². The number of carbonyl (C=O) groups excluding carboxylic acids is 1. The highest BCUT2D eigenvalue weighted by Crippen LogP contribution is 2.18. The van der Waals surface area contributed by atoms with Gasteiger partial charge in [-0.25, -0.2) is 0 Å². The number of rotatable bonds is 3. The zero-order valence-electron chi connectivity index (χ0n) is 12.6. The summed E-state index contributed by atoms with van der Waals surface area (Å²) in [6.45, 7) is 2.04. The summed E-state index contributed by atoms with van der Waals surface area (Å²) < 4.78 is 0. The molecule has 0 aliphatic heterocycles. The number of hydrogen-bond donors (Lipinski definition) is 2. The normalized spacial score (nSPS) is 15.1. The van der Waals surface area contributed by atoms with E-state index in [-0.39, 0.29) is 12.5 Å². The smallest absolute Gasteiger partial charge is 0.251 e. The predicted molar refractivity (Wildman–Crippen MR) is 84.1 cm³/mol. The van der Waals surface area contributed by atoms with Crippen molar-refractivity contribution in [1.82, 2.24) is 5.32 Å². The summed E-state index contributed by atoms with van der Waals surface area (Å²) in [6.07, 6.45) is 6.37. The minimum atomic E-state index is 0.0138. The molecule has 0 atom stereocenters. The lowest BCUT2D eigenvalue weighted by atomic mass is 9.95. The Balaban J connectivity index is 2.01. The van der Waals surface area contributed by atoms with E-state index in [1.165, 1.54) is 19.3 Å². The number of benzene rings is 1. The molecule has 3 nitrogen and oxygen atoms in total. The molecule has 1 aliphatic rings. The molecule has 2 N–H and O–H groups in total. The Bertz CT molecular complexity index is 548. The fraction of sp³-hybridized carbons (Fsp3) is 0.500. The van der Waals surface area contributed by atoms with Gasteiger partial charge in [0.2, 0.25) is 0 Å². The van der Waals surface area contributed by atoms with Crippen LogP contribution in [-0.4, -0.2) is 23.7 Å². The summed E-state index contributed by atoms with van der Waals surface area (Å²) in [5.41, 5.74) is 2.61. The molecule has 0 saturated heterocycles. The van der Waals surface area contributed by atoms with Crippen LogP contribution in [0.3, 0.4) is 0 Å². The first kappa shape index (κ1) is 15.6. The first-order valence-corrected chi connectivity index (χ1v) is 7.72. The van der Waals surface area contributed by atoms with Crippen molar-refractivity contribution < 1.29 is 9.90 Å². The second-order valence-electron chi connectivity index (χ2n) is 5.61. The van der Waals surface area contributed by atoms with Gasteiger partial charge in [0.25, 0.3) is 5.91 Å². The zero-order chi connectivity index (χ0) is 15.1. The molecule has 0 heterocycles. The van der Waals surface area contributed by atoms with E-state index in [1.807, 2.05) is 25.1 Å². The van der Waals surface area contributed by atoms with Crippen LogP contribution in [0.2, 0.25) is 0 Å². The molecular weight excluding hydrogens is 262 g/mol. The number of nitrogens with one attached hydrogen (secondary N) is 1. The number of aliphatic hydroxyl groups is 1. The highest BCUT2D eigenvalue weighted by molar-refractivity contribution is 5.94. The molecule has 0 unspecified atom stereocenters. The number of carbonyl (C=O) groups is 1. The van der Waals surface area contributed by atoms with Crippen LogP contribution in [0.5, 0.6) is 0 Å². The molecule has 1 aliphatic carbocycles. The average Bonchev–Trinajstić information content (AvgIpc) is 2.50. The van der Waals surface area contributed by atoms with Crippen LogP contribution >= 0.6 is 0 Å². The van der Waals surface area contributed by atoms with Crippen LogP contribution in [0.1, 0.15) is 60.0 Å². The van der Waals surface area contributed by atoms with E-state index in [4.69, 9.17) is 5.11 Å². The third kappa shape index (κ3) is 4.61.